The van der Waals surface area contributed by atoms with Crippen molar-refractivity contribution in [3.63, 3.8) is 0 Å². The number of aryl methyl sites for hydroxylation is 2. The maximum absolute atomic E-state index is 5.74. The number of hydrogen-bond acceptors (Lipinski definition) is 4. The molecule has 1 aliphatic rings. The molecule has 0 amide bonds. The lowest BCUT2D eigenvalue weighted by Crippen LogP contribution is -2.21. The fraction of sp³-hybridized carbons (Fsp3) is 0.727. The molecule has 1 aromatic rings. The Kier molecular flexibility index (Phi) is 3.26. The van der Waals surface area contributed by atoms with Crippen LogP contribution in [0.5, 0.6) is 0 Å². The van der Waals surface area contributed by atoms with E-state index in [1.165, 1.54) is 12.8 Å². The van der Waals surface area contributed by atoms with Crippen molar-refractivity contribution in [1.29, 1.82) is 0 Å². The number of aromatic nitrogens is 1. The van der Waals surface area contributed by atoms with Gasteiger partial charge in [0.2, 0.25) is 0 Å². The highest BCUT2D eigenvalue weighted by molar-refractivity contribution is 5.29. The first kappa shape index (κ1) is 10.5. The van der Waals surface area contributed by atoms with Gasteiger partial charge in [0.1, 0.15) is 5.76 Å². The fourth-order valence-corrected chi connectivity index (χ4v) is 1.93. The molecule has 15 heavy (non-hydrogen) atoms. The second-order valence-corrected chi connectivity index (χ2v) is 4.14. The maximum atomic E-state index is 5.74. The highest BCUT2D eigenvalue weighted by Gasteiger charge is 2.18. The molecule has 0 radical (unpaired) electrons. The van der Waals surface area contributed by atoms with Gasteiger partial charge in [-0.2, -0.15) is 4.98 Å². The molecule has 84 valence electrons. The van der Waals surface area contributed by atoms with Crippen LogP contribution in [0, 0.1) is 0 Å². The molecule has 0 saturated heterocycles. The van der Waals surface area contributed by atoms with Gasteiger partial charge in [-0.05, 0) is 32.2 Å². The summed E-state index contributed by atoms with van der Waals surface area (Å²) in [6.07, 6.45) is 5.57. The topological polar surface area (TPSA) is 55.3 Å². The first-order valence-corrected chi connectivity index (χ1v) is 5.71. The van der Waals surface area contributed by atoms with Crippen LogP contribution in [0.25, 0.3) is 0 Å². The predicted molar refractivity (Wildman–Crippen MR) is 60.1 cm³/mol. The van der Waals surface area contributed by atoms with Gasteiger partial charge in [-0.1, -0.05) is 0 Å². The van der Waals surface area contributed by atoms with Crippen LogP contribution in [0.15, 0.2) is 4.42 Å². The summed E-state index contributed by atoms with van der Waals surface area (Å²) in [5, 5.41) is 0. The minimum atomic E-state index is 0.713. The molecule has 1 aromatic heterocycles. The van der Waals surface area contributed by atoms with Crippen LogP contribution in [-0.4, -0.2) is 25.1 Å². The molecule has 1 heterocycles. The van der Waals surface area contributed by atoms with Crippen molar-refractivity contribution in [2.24, 2.45) is 5.73 Å². The van der Waals surface area contributed by atoms with Crippen molar-refractivity contribution in [2.75, 3.05) is 25.0 Å². The summed E-state index contributed by atoms with van der Waals surface area (Å²) in [6.45, 7) is 1.63. The van der Waals surface area contributed by atoms with Gasteiger partial charge in [-0.3, -0.25) is 0 Å². The van der Waals surface area contributed by atoms with E-state index in [1.807, 2.05) is 11.9 Å². The molecule has 1 aliphatic carbocycles. The quantitative estimate of drug-likeness (QED) is 0.813. The Morgan fingerprint density at radius 2 is 2.20 bits per heavy atom. The molecule has 2 N–H and O–H groups in total. The zero-order valence-electron chi connectivity index (χ0n) is 9.33. The molecule has 0 fully saturated rings. The largest absolute Gasteiger partial charge is 0.428 e. The van der Waals surface area contributed by atoms with Crippen molar-refractivity contribution in [1.82, 2.24) is 4.98 Å². The van der Waals surface area contributed by atoms with E-state index in [-0.39, 0.29) is 0 Å². The average molecular weight is 209 g/mol. The highest BCUT2D eigenvalue weighted by Crippen LogP contribution is 2.25. The number of oxazole rings is 1. The lowest BCUT2D eigenvalue weighted by molar-refractivity contribution is 0.473. The molecule has 0 aromatic carbocycles. The monoisotopic (exact) mass is 209 g/mol. The Morgan fingerprint density at radius 3 is 2.93 bits per heavy atom. The molecule has 4 nitrogen and oxygen atoms in total. The summed E-state index contributed by atoms with van der Waals surface area (Å²) >= 11 is 0. The van der Waals surface area contributed by atoms with Crippen molar-refractivity contribution in [3.05, 3.63) is 11.5 Å². The van der Waals surface area contributed by atoms with Crippen molar-refractivity contribution in [3.8, 4) is 0 Å². The summed E-state index contributed by atoms with van der Waals surface area (Å²) < 4.78 is 5.74. The lowest BCUT2D eigenvalue weighted by atomic mass is 10.0. The third kappa shape index (κ3) is 2.31. The Balaban J connectivity index is 2.05. The van der Waals surface area contributed by atoms with Gasteiger partial charge in [0.05, 0.1) is 5.69 Å². The first-order chi connectivity index (χ1) is 7.31. The van der Waals surface area contributed by atoms with Crippen LogP contribution in [0.2, 0.25) is 0 Å². The fourth-order valence-electron chi connectivity index (χ4n) is 1.93. The highest BCUT2D eigenvalue weighted by atomic mass is 16.4. The molecule has 0 unspecified atom stereocenters. The summed E-state index contributed by atoms with van der Waals surface area (Å²) in [6, 6.07) is 0.760. The molecular weight excluding hydrogens is 190 g/mol. The van der Waals surface area contributed by atoms with Crippen molar-refractivity contribution in [2.45, 2.75) is 32.1 Å². The second kappa shape index (κ2) is 4.66. The molecule has 0 saturated carbocycles. The van der Waals surface area contributed by atoms with Gasteiger partial charge in [0.15, 0.2) is 0 Å². The first-order valence-electron chi connectivity index (χ1n) is 5.71. The third-order valence-corrected chi connectivity index (χ3v) is 2.86. The smallest absolute Gasteiger partial charge is 0.297 e. The number of nitrogens with two attached hydrogens (primary N) is 1. The standard InChI is InChI=1S/C11H19N3O/c1-14(8-4-7-12)11-13-9-5-2-3-6-10(9)15-11/h2-8,12H2,1H3. The lowest BCUT2D eigenvalue weighted by Gasteiger charge is -2.12. The zero-order valence-corrected chi connectivity index (χ0v) is 9.33. The van der Waals surface area contributed by atoms with Gasteiger partial charge in [0, 0.05) is 20.0 Å². The Hall–Kier alpha value is -1.03. The minimum Gasteiger partial charge on any atom is -0.428 e. The summed E-state index contributed by atoms with van der Waals surface area (Å²) in [7, 11) is 2.01. The van der Waals surface area contributed by atoms with Gasteiger partial charge in [-0.25, -0.2) is 0 Å². The van der Waals surface area contributed by atoms with Gasteiger partial charge in [0.25, 0.3) is 6.01 Å². The molecule has 0 bridgehead atoms. The van der Waals surface area contributed by atoms with E-state index in [0.29, 0.717) is 6.54 Å². The predicted octanol–water partition coefficient (Wildman–Crippen LogP) is 1.34. The zero-order chi connectivity index (χ0) is 10.7. The Morgan fingerprint density at radius 1 is 1.40 bits per heavy atom. The van der Waals surface area contributed by atoms with E-state index in [1.54, 1.807) is 0 Å². The molecule has 0 atom stereocenters. The van der Waals surface area contributed by atoms with E-state index < -0.39 is 0 Å². The molecular formula is C11H19N3O. The number of anilines is 1. The maximum Gasteiger partial charge on any atom is 0.297 e. The molecule has 0 spiro atoms. The number of fused-ring (bicyclic) bond motifs is 1. The van der Waals surface area contributed by atoms with Gasteiger partial charge < -0.3 is 15.1 Å². The van der Waals surface area contributed by atoms with Crippen LogP contribution in [-0.2, 0) is 12.8 Å². The van der Waals surface area contributed by atoms with Crippen LogP contribution < -0.4 is 10.6 Å². The summed E-state index contributed by atoms with van der Waals surface area (Å²) in [4.78, 5) is 6.57. The van der Waals surface area contributed by atoms with Gasteiger partial charge >= 0.3 is 0 Å². The van der Waals surface area contributed by atoms with E-state index >= 15 is 0 Å². The average Bonchev–Trinajstić information content (AvgIpc) is 2.69. The van der Waals surface area contributed by atoms with E-state index in [9.17, 15) is 0 Å². The van der Waals surface area contributed by atoms with E-state index in [2.05, 4.69) is 4.98 Å². The molecule has 4 heteroatoms. The Labute approximate surface area is 90.5 Å². The second-order valence-electron chi connectivity index (χ2n) is 4.14. The summed E-state index contributed by atoms with van der Waals surface area (Å²) in [5.74, 6) is 1.09. The number of hydrogen-bond donors (Lipinski definition) is 1. The van der Waals surface area contributed by atoms with Crippen molar-refractivity contribution >= 4 is 6.01 Å². The summed E-state index contributed by atoms with van der Waals surface area (Å²) in [5.41, 5.74) is 6.64. The third-order valence-electron chi connectivity index (χ3n) is 2.86. The number of rotatable bonds is 4. The van der Waals surface area contributed by atoms with E-state index in [4.69, 9.17) is 10.2 Å². The minimum absolute atomic E-state index is 0.713. The van der Waals surface area contributed by atoms with E-state index in [0.717, 1.165) is 43.3 Å². The van der Waals surface area contributed by atoms with Crippen LogP contribution in [0.1, 0.15) is 30.7 Å². The van der Waals surface area contributed by atoms with Gasteiger partial charge in [-0.15, -0.1) is 0 Å². The molecule has 0 aliphatic heterocycles. The SMILES string of the molecule is CN(CCCN)c1nc2c(o1)CCCC2. The van der Waals surface area contributed by atoms with Crippen LogP contribution in [0.4, 0.5) is 6.01 Å². The normalized spacial score (nSPS) is 15.1. The molecule has 2 rings (SSSR count). The Bertz CT molecular complexity index is 298. The van der Waals surface area contributed by atoms with Crippen molar-refractivity contribution < 1.29 is 4.42 Å². The van der Waals surface area contributed by atoms with Crippen LogP contribution >= 0.6 is 0 Å². The van der Waals surface area contributed by atoms with Crippen LogP contribution in [0.3, 0.4) is 0 Å². The number of nitrogens with zero attached hydrogens (tertiary/aromatic N) is 2.